The number of aliphatic hydroxyl groups excluding tert-OH is 1. The predicted octanol–water partition coefficient (Wildman–Crippen LogP) is -0.658. The number of ether oxygens (including phenoxy) is 1. The van der Waals surface area contributed by atoms with Gasteiger partial charge >= 0.3 is 0 Å². The molecule has 0 saturated carbocycles. The summed E-state index contributed by atoms with van der Waals surface area (Å²) in [4.78, 5) is 0. The minimum Gasteiger partial charge on any atom is -0.393 e. The Kier molecular flexibility index (Phi) is 2.45. The van der Waals surface area contributed by atoms with Gasteiger partial charge in [0.1, 0.15) is 0 Å². The maximum Gasteiger partial charge on any atom is 0.0624 e. The molecule has 0 aromatic heterocycles. The quantitative estimate of drug-likeness (QED) is 0.497. The molecule has 1 aliphatic heterocycles. The minimum atomic E-state index is -0.233. The summed E-state index contributed by atoms with van der Waals surface area (Å²) < 4.78 is 5.10. The molecule has 1 aliphatic rings. The van der Waals surface area contributed by atoms with Crippen molar-refractivity contribution in [1.29, 1.82) is 0 Å². The Balaban J connectivity index is 2.30. The Labute approximate surface area is 54.8 Å². The first kappa shape index (κ1) is 6.99. The third-order valence-electron chi connectivity index (χ3n) is 1.74. The second-order valence-electron chi connectivity index (χ2n) is 2.43. The van der Waals surface area contributed by atoms with Crippen molar-refractivity contribution in [3.63, 3.8) is 0 Å². The van der Waals surface area contributed by atoms with Crippen LogP contribution in [0.15, 0.2) is 0 Å². The van der Waals surface area contributed by atoms with Crippen LogP contribution in [0.25, 0.3) is 0 Å². The van der Waals surface area contributed by atoms with E-state index in [9.17, 15) is 5.11 Å². The van der Waals surface area contributed by atoms with Crippen molar-refractivity contribution in [2.75, 3.05) is 19.8 Å². The maximum atomic E-state index is 9.21. The van der Waals surface area contributed by atoms with Crippen LogP contribution in [0.2, 0.25) is 0 Å². The van der Waals surface area contributed by atoms with E-state index in [1.165, 1.54) is 0 Å². The van der Waals surface area contributed by atoms with Gasteiger partial charge in [-0.1, -0.05) is 0 Å². The highest BCUT2D eigenvalue weighted by Crippen LogP contribution is 2.12. The van der Waals surface area contributed by atoms with Crippen molar-refractivity contribution in [1.82, 2.24) is 0 Å². The van der Waals surface area contributed by atoms with Crippen LogP contribution in [0, 0.1) is 5.92 Å². The molecule has 0 aromatic carbocycles. The molecule has 3 nitrogen and oxygen atoms in total. The van der Waals surface area contributed by atoms with Gasteiger partial charge in [-0.2, -0.15) is 0 Å². The van der Waals surface area contributed by atoms with Gasteiger partial charge in [-0.25, -0.2) is 0 Å². The zero-order chi connectivity index (χ0) is 6.69. The first-order valence-corrected chi connectivity index (χ1v) is 3.30. The third kappa shape index (κ3) is 1.64. The SMILES string of the molecule is NC[C@H]1COCC[C@@H]1O. The van der Waals surface area contributed by atoms with Crippen LogP contribution in [0.4, 0.5) is 0 Å². The van der Waals surface area contributed by atoms with E-state index in [-0.39, 0.29) is 12.0 Å². The van der Waals surface area contributed by atoms with Crippen LogP contribution in [-0.2, 0) is 4.74 Å². The van der Waals surface area contributed by atoms with Gasteiger partial charge in [0.25, 0.3) is 0 Å². The number of hydrogen-bond donors (Lipinski definition) is 2. The van der Waals surface area contributed by atoms with Gasteiger partial charge in [-0.15, -0.1) is 0 Å². The van der Waals surface area contributed by atoms with E-state index in [4.69, 9.17) is 10.5 Å². The van der Waals surface area contributed by atoms with Crippen molar-refractivity contribution < 1.29 is 9.84 Å². The van der Waals surface area contributed by atoms with Crippen molar-refractivity contribution in [3.05, 3.63) is 0 Å². The van der Waals surface area contributed by atoms with E-state index in [0.717, 1.165) is 6.42 Å². The van der Waals surface area contributed by atoms with E-state index in [1.54, 1.807) is 0 Å². The van der Waals surface area contributed by atoms with Gasteiger partial charge in [-0.3, -0.25) is 0 Å². The summed E-state index contributed by atoms with van der Waals surface area (Å²) in [5.74, 6) is 0.166. The summed E-state index contributed by atoms with van der Waals surface area (Å²) in [5.41, 5.74) is 5.35. The van der Waals surface area contributed by atoms with Gasteiger partial charge in [0.15, 0.2) is 0 Å². The summed E-state index contributed by atoms with van der Waals surface area (Å²) in [6.07, 6.45) is 0.505. The van der Waals surface area contributed by atoms with Crippen LogP contribution in [0.1, 0.15) is 6.42 Å². The molecule has 1 saturated heterocycles. The Bertz CT molecular complexity index is 87.1. The number of aliphatic hydroxyl groups is 1. The molecule has 1 heterocycles. The van der Waals surface area contributed by atoms with Crippen LogP contribution in [0.5, 0.6) is 0 Å². The Morgan fingerprint density at radius 2 is 2.44 bits per heavy atom. The first-order valence-electron chi connectivity index (χ1n) is 3.30. The molecule has 0 radical (unpaired) electrons. The Morgan fingerprint density at radius 3 is 2.89 bits per heavy atom. The fourth-order valence-electron chi connectivity index (χ4n) is 1.01. The molecular weight excluding hydrogens is 118 g/mol. The molecule has 0 aliphatic carbocycles. The topological polar surface area (TPSA) is 55.5 Å². The third-order valence-corrected chi connectivity index (χ3v) is 1.74. The lowest BCUT2D eigenvalue weighted by Crippen LogP contribution is -2.36. The molecule has 1 fully saturated rings. The predicted molar refractivity (Wildman–Crippen MR) is 34.0 cm³/mol. The van der Waals surface area contributed by atoms with E-state index >= 15 is 0 Å². The zero-order valence-electron chi connectivity index (χ0n) is 5.42. The molecule has 0 unspecified atom stereocenters. The van der Waals surface area contributed by atoms with Crippen molar-refractivity contribution >= 4 is 0 Å². The smallest absolute Gasteiger partial charge is 0.0624 e. The molecule has 3 N–H and O–H groups in total. The van der Waals surface area contributed by atoms with Crippen LogP contribution in [-0.4, -0.2) is 31.0 Å². The average molecular weight is 131 g/mol. The zero-order valence-corrected chi connectivity index (χ0v) is 5.42. The van der Waals surface area contributed by atoms with Gasteiger partial charge in [-0.05, 0) is 13.0 Å². The molecule has 0 aromatic rings. The second-order valence-corrected chi connectivity index (χ2v) is 2.43. The molecule has 0 amide bonds. The van der Waals surface area contributed by atoms with E-state index in [1.807, 2.05) is 0 Å². The Hall–Kier alpha value is -0.120. The number of nitrogens with two attached hydrogens (primary N) is 1. The largest absolute Gasteiger partial charge is 0.393 e. The molecule has 9 heavy (non-hydrogen) atoms. The molecule has 2 atom stereocenters. The number of rotatable bonds is 1. The Morgan fingerprint density at radius 1 is 1.67 bits per heavy atom. The molecule has 0 spiro atoms. The van der Waals surface area contributed by atoms with Crippen molar-refractivity contribution in [2.45, 2.75) is 12.5 Å². The highest BCUT2D eigenvalue weighted by Gasteiger charge is 2.21. The van der Waals surface area contributed by atoms with Gasteiger partial charge in [0.05, 0.1) is 12.7 Å². The fourth-order valence-corrected chi connectivity index (χ4v) is 1.01. The monoisotopic (exact) mass is 131 g/mol. The van der Waals surface area contributed by atoms with E-state index in [0.29, 0.717) is 19.8 Å². The molecule has 0 bridgehead atoms. The first-order chi connectivity index (χ1) is 4.34. The van der Waals surface area contributed by atoms with Gasteiger partial charge in [0, 0.05) is 12.5 Å². The molecule has 54 valence electrons. The lowest BCUT2D eigenvalue weighted by Gasteiger charge is -2.26. The summed E-state index contributed by atoms with van der Waals surface area (Å²) in [5, 5.41) is 9.21. The summed E-state index contributed by atoms with van der Waals surface area (Å²) in [6, 6.07) is 0. The molecular formula is C6H13NO2. The van der Waals surface area contributed by atoms with Crippen LogP contribution >= 0.6 is 0 Å². The minimum absolute atomic E-state index is 0.166. The lowest BCUT2D eigenvalue weighted by atomic mass is 9.99. The van der Waals surface area contributed by atoms with Gasteiger partial charge in [0.2, 0.25) is 0 Å². The summed E-state index contributed by atoms with van der Waals surface area (Å²) in [6.45, 7) is 1.83. The highest BCUT2D eigenvalue weighted by atomic mass is 16.5. The standard InChI is InChI=1S/C6H13NO2/c7-3-5-4-9-2-1-6(5)8/h5-6,8H,1-4,7H2/t5-,6-/m0/s1. The van der Waals surface area contributed by atoms with Crippen LogP contribution in [0.3, 0.4) is 0 Å². The lowest BCUT2D eigenvalue weighted by molar-refractivity contribution is -0.0317. The normalized spacial score (nSPS) is 36.7. The maximum absolute atomic E-state index is 9.21. The molecule has 3 heteroatoms. The highest BCUT2D eigenvalue weighted by molar-refractivity contribution is 4.72. The summed E-state index contributed by atoms with van der Waals surface area (Å²) >= 11 is 0. The van der Waals surface area contributed by atoms with E-state index < -0.39 is 0 Å². The second kappa shape index (κ2) is 3.15. The van der Waals surface area contributed by atoms with Crippen LogP contribution < -0.4 is 5.73 Å². The van der Waals surface area contributed by atoms with E-state index in [2.05, 4.69) is 0 Å². The van der Waals surface area contributed by atoms with Crippen molar-refractivity contribution in [2.24, 2.45) is 11.7 Å². The molecule has 1 rings (SSSR count). The average Bonchev–Trinajstić information content (AvgIpc) is 1.89. The fraction of sp³-hybridized carbons (Fsp3) is 1.00. The van der Waals surface area contributed by atoms with Crippen molar-refractivity contribution in [3.8, 4) is 0 Å². The van der Waals surface area contributed by atoms with Gasteiger partial charge < -0.3 is 15.6 Å². The summed E-state index contributed by atoms with van der Waals surface area (Å²) in [7, 11) is 0. The number of hydrogen-bond acceptors (Lipinski definition) is 3.